The Balaban J connectivity index is 0.902. The van der Waals surface area contributed by atoms with Gasteiger partial charge in [0.2, 0.25) is 0 Å². The summed E-state index contributed by atoms with van der Waals surface area (Å²) >= 11 is 0. The van der Waals surface area contributed by atoms with Crippen LogP contribution in [0.15, 0.2) is 0 Å². The van der Waals surface area contributed by atoms with E-state index >= 15 is 0 Å². The summed E-state index contributed by atoms with van der Waals surface area (Å²) in [4.78, 5) is 5.10. The van der Waals surface area contributed by atoms with E-state index in [-0.39, 0.29) is 30.0 Å². The Morgan fingerprint density at radius 2 is 1.70 bits per heavy atom. The van der Waals surface area contributed by atoms with Gasteiger partial charge in [-0.3, -0.25) is 4.90 Å². The van der Waals surface area contributed by atoms with E-state index < -0.39 is 11.7 Å². The Hall–Kier alpha value is -0.320. The molecule has 5 saturated carbocycles. The van der Waals surface area contributed by atoms with E-state index in [1.807, 2.05) is 0 Å². The third kappa shape index (κ3) is 5.35. The van der Waals surface area contributed by atoms with Crippen molar-refractivity contribution in [1.82, 2.24) is 9.80 Å². The second-order valence-corrected chi connectivity index (χ2v) is 19.2. The number of methoxy groups -OCH3 is 1. The summed E-state index contributed by atoms with van der Waals surface area (Å²) in [5.74, 6) is 3.62. The van der Waals surface area contributed by atoms with Gasteiger partial charge in [-0.05, 0) is 129 Å². The number of rotatable bonds is 9. The smallest absolute Gasteiger partial charge is 0.170 e. The molecule has 0 amide bonds. The standard InChI is InChI=1S/C39H66N2O6/c1-35(2)31-10-8-26-28-19-30-27(7-9-29(46-30)34(42)36(3,4)43)37(28,5)13-14-38(26)24-39(31,38)12-11-32(35)47-33-23-41(16-18-45-33)22-25-20-40(21-25)15-17-44-6/h25-34,42-43H,7-24H2,1-6H3/t26?,27?,28?,29?,30?,31?,32?,33?,34-,37?,38-,39?/m0/s1. The third-order valence-electron chi connectivity index (χ3n) is 16.2. The number of fused-ring (bicyclic) bond motifs is 4. The minimum Gasteiger partial charge on any atom is -0.388 e. The van der Waals surface area contributed by atoms with Crippen LogP contribution in [0.25, 0.3) is 0 Å². The van der Waals surface area contributed by atoms with E-state index in [0.717, 1.165) is 82.3 Å². The molecule has 3 saturated heterocycles. The van der Waals surface area contributed by atoms with E-state index in [0.29, 0.717) is 22.2 Å². The summed E-state index contributed by atoms with van der Waals surface area (Å²) in [6.45, 7) is 19.2. The average molecular weight is 659 g/mol. The molecule has 5 aliphatic carbocycles. The molecule has 8 nitrogen and oxygen atoms in total. The fourth-order valence-corrected chi connectivity index (χ4v) is 13.8. The maximum Gasteiger partial charge on any atom is 0.170 e. The Kier molecular flexibility index (Phi) is 8.53. The van der Waals surface area contributed by atoms with Gasteiger partial charge in [-0.15, -0.1) is 0 Å². The van der Waals surface area contributed by atoms with Gasteiger partial charge < -0.3 is 34.1 Å². The van der Waals surface area contributed by atoms with Crippen molar-refractivity contribution in [3.63, 3.8) is 0 Å². The van der Waals surface area contributed by atoms with Gasteiger partial charge in [-0.1, -0.05) is 20.8 Å². The van der Waals surface area contributed by atoms with Crippen molar-refractivity contribution in [2.45, 2.75) is 135 Å². The van der Waals surface area contributed by atoms with Crippen LogP contribution in [0.3, 0.4) is 0 Å². The van der Waals surface area contributed by atoms with Gasteiger partial charge in [0.25, 0.3) is 0 Å². The van der Waals surface area contributed by atoms with Gasteiger partial charge in [-0.2, -0.15) is 0 Å². The molecule has 10 unspecified atom stereocenters. The Morgan fingerprint density at radius 3 is 2.47 bits per heavy atom. The van der Waals surface area contributed by atoms with Crippen molar-refractivity contribution in [3.8, 4) is 0 Å². The molecule has 2 N–H and O–H groups in total. The fraction of sp³-hybridized carbons (Fsp3) is 1.00. The zero-order chi connectivity index (χ0) is 33.0. The number of morpholine rings is 1. The van der Waals surface area contributed by atoms with Gasteiger partial charge in [0.1, 0.15) is 6.10 Å². The summed E-state index contributed by atoms with van der Waals surface area (Å²) in [7, 11) is 1.79. The number of ether oxygens (including phenoxy) is 4. The second kappa shape index (κ2) is 11.9. The molecular formula is C39H66N2O6. The molecule has 0 aromatic carbocycles. The van der Waals surface area contributed by atoms with Gasteiger partial charge in [0, 0.05) is 46.4 Å². The summed E-state index contributed by atoms with van der Waals surface area (Å²) in [6.07, 6.45) is 11.8. The largest absolute Gasteiger partial charge is 0.388 e. The first-order valence-corrected chi connectivity index (χ1v) is 19.6. The predicted octanol–water partition coefficient (Wildman–Crippen LogP) is 4.95. The molecule has 47 heavy (non-hydrogen) atoms. The first kappa shape index (κ1) is 33.8. The number of likely N-dealkylation sites (tertiary alicyclic amines) is 1. The summed E-state index contributed by atoms with van der Waals surface area (Å²) in [6, 6.07) is 0. The average Bonchev–Trinajstić information content (AvgIpc) is 3.58. The fourth-order valence-electron chi connectivity index (χ4n) is 13.8. The molecule has 3 aliphatic heterocycles. The van der Waals surface area contributed by atoms with E-state index in [4.69, 9.17) is 18.9 Å². The molecule has 0 radical (unpaired) electrons. The van der Waals surface area contributed by atoms with Crippen LogP contribution >= 0.6 is 0 Å². The highest BCUT2D eigenvalue weighted by Crippen LogP contribution is 2.87. The van der Waals surface area contributed by atoms with Crippen molar-refractivity contribution in [3.05, 3.63) is 0 Å². The molecule has 8 aliphatic rings. The lowest BCUT2D eigenvalue weighted by molar-refractivity contribution is -0.246. The summed E-state index contributed by atoms with van der Waals surface area (Å²) in [5, 5.41) is 21.4. The van der Waals surface area contributed by atoms with Crippen LogP contribution in [-0.2, 0) is 18.9 Å². The van der Waals surface area contributed by atoms with Crippen LogP contribution in [-0.4, -0.2) is 116 Å². The molecule has 268 valence electrons. The lowest BCUT2D eigenvalue weighted by Crippen LogP contribution is -2.57. The van der Waals surface area contributed by atoms with Gasteiger partial charge >= 0.3 is 0 Å². The van der Waals surface area contributed by atoms with E-state index in [2.05, 4.69) is 30.6 Å². The number of hydrogen-bond donors (Lipinski definition) is 2. The van der Waals surface area contributed by atoms with Crippen molar-refractivity contribution in [2.75, 3.05) is 59.6 Å². The molecule has 0 aromatic rings. The zero-order valence-electron chi connectivity index (χ0n) is 30.4. The number of hydrogen-bond acceptors (Lipinski definition) is 8. The van der Waals surface area contributed by atoms with Gasteiger partial charge in [0.15, 0.2) is 6.29 Å². The van der Waals surface area contributed by atoms with Crippen LogP contribution in [0.1, 0.15) is 98.8 Å². The minimum absolute atomic E-state index is 0.104. The normalized spacial score (nSPS) is 48.8. The quantitative estimate of drug-likeness (QED) is 0.361. The molecule has 2 spiro atoms. The lowest BCUT2D eigenvalue weighted by atomic mass is 9.46. The third-order valence-corrected chi connectivity index (χ3v) is 16.2. The van der Waals surface area contributed by atoms with Crippen LogP contribution in [0.2, 0.25) is 0 Å². The van der Waals surface area contributed by atoms with Crippen molar-refractivity contribution >= 4 is 0 Å². The Bertz CT molecular complexity index is 1150. The van der Waals surface area contributed by atoms with Crippen LogP contribution in [0, 0.1) is 51.2 Å². The molecule has 8 rings (SSSR count). The predicted molar refractivity (Wildman–Crippen MR) is 181 cm³/mol. The topological polar surface area (TPSA) is 83.9 Å². The first-order valence-electron chi connectivity index (χ1n) is 19.6. The van der Waals surface area contributed by atoms with Gasteiger partial charge in [0.05, 0.1) is 37.1 Å². The molecular weight excluding hydrogens is 592 g/mol. The molecule has 0 bridgehead atoms. The molecule has 12 atom stereocenters. The first-order chi connectivity index (χ1) is 22.3. The Labute approximate surface area is 284 Å². The highest BCUT2D eigenvalue weighted by Gasteiger charge is 2.80. The number of nitrogens with zero attached hydrogens (tertiary/aromatic N) is 2. The van der Waals surface area contributed by atoms with Crippen molar-refractivity contribution in [1.29, 1.82) is 0 Å². The highest BCUT2D eigenvalue weighted by molar-refractivity contribution is 5.29. The molecule has 8 fully saturated rings. The SMILES string of the molecule is COCCN1CC(CN2CCOC(OC3CCC45C[C@]46CCC4(C)C7CCC([C@H](O)C(C)(C)O)OC7CC4C6CCC5C3(C)C)C2)C1. The van der Waals surface area contributed by atoms with Crippen molar-refractivity contribution < 1.29 is 29.2 Å². The van der Waals surface area contributed by atoms with E-state index in [1.165, 1.54) is 58.0 Å². The Morgan fingerprint density at radius 1 is 0.915 bits per heavy atom. The summed E-state index contributed by atoms with van der Waals surface area (Å²) < 4.78 is 25.2. The highest BCUT2D eigenvalue weighted by atomic mass is 16.7. The van der Waals surface area contributed by atoms with E-state index in [1.54, 1.807) is 21.0 Å². The summed E-state index contributed by atoms with van der Waals surface area (Å²) in [5.41, 5.74) is 0.384. The zero-order valence-corrected chi connectivity index (χ0v) is 30.4. The molecule has 3 heterocycles. The number of aliphatic hydroxyl groups excluding tert-OH is 1. The maximum absolute atomic E-state index is 10.9. The molecule has 0 aromatic heterocycles. The van der Waals surface area contributed by atoms with Gasteiger partial charge in [-0.25, -0.2) is 0 Å². The van der Waals surface area contributed by atoms with Crippen LogP contribution in [0.4, 0.5) is 0 Å². The molecule has 8 heteroatoms. The minimum atomic E-state index is -1.13. The van der Waals surface area contributed by atoms with Crippen LogP contribution in [0.5, 0.6) is 0 Å². The van der Waals surface area contributed by atoms with Crippen molar-refractivity contribution in [2.24, 2.45) is 51.2 Å². The lowest BCUT2D eigenvalue weighted by Gasteiger charge is -2.60. The maximum atomic E-state index is 10.9. The second-order valence-electron chi connectivity index (χ2n) is 19.2. The monoisotopic (exact) mass is 658 g/mol. The van der Waals surface area contributed by atoms with E-state index in [9.17, 15) is 10.2 Å². The number of aliphatic hydroxyl groups is 2. The van der Waals surface area contributed by atoms with Crippen LogP contribution < -0.4 is 0 Å².